The minimum absolute atomic E-state index is 0.875. The van der Waals surface area contributed by atoms with Crippen molar-refractivity contribution in [2.24, 2.45) is 5.73 Å². The lowest BCUT2D eigenvalue weighted by Crippen LogP contribution is -2.31. The van der Waals surface area contributed by atoms with E-state index in [0.29, 0.717) is 0 Å². The van der Waals surface area contributed by atoms with Gasteiger partial charge < -0.3 is 5.73 Å². The third-order valence-electron chi connectivity index (χ3n) is 1.65. The van der Waals surface area contributed by atoms with Gasteiger partial charge in [-0.05, 0) is 12.2 Å². The zero-order chi connectivity index (χ0) is 6.27. The smallest absolute Gasteiger partial charge is 0.116 e. The molecule has 0 spiro atoms. The molecule has 0 atom stereocenters. The number of hydrogen-bond acceptors (Lipinski definition) is 3. The molecular weight excluding hydrogens is 114 g/mol. The lowest BCUT2D eigenvalue weighted by Gasteiger charge is -2.22. The molecule has 2 heterocycles. The van der Waals surface area contributed by atoms with E-state index in [0.717, 1.165) is 18.9 Å². The second-order valence-corrected chi connectivity index (χ2v) is 2.22. The highest BCUT2D eigenvalue weighted by Crippen LogP contribution is 2.16. The minimum atomic E-state index is 0.875. The number of nitrogens with two attached hydrogens (primary N) is 1. The molecule has 0 unspecified atom stereocenters. The maximum absolute atomic E-state index is 5.63. The summed E-state index contributed by atoms with van der Waals surface area (Å²) < 4.78 is 0. The van der Waals surface area contributed by atoms with Crippen molar-refractivity contribution in [1.82, 2.24) is 10.0 Å². The number of fused-ring (bicyclic) bond motifs is 1. The Balaban J connectivity index is 2.22. The predicted octanol–water partition coefficient (Wildman–Crippen LogP) is -0.154. The molecule has 0 aromatic carbocycles. The van der Waals surface area contributed by atoms with Crippen molar-refractivity contribution >= 4 is 0 Å². The van der Waals surface area contributed by atoms with E-state index in [1.807, 2.05) is 11.1 Å². The molecule has 2 aliphatic heterocycles. The van der Waals surface area contributed by atoms with Crippen molar-refractivity contribution in [2.45, 2.75) is 0 Å². The van der Waals surface area contributed by atoms with E-state index in [9.17, 15) is 0 Å². The second-order valence-electron chi connectivity index (χ2n) is 2.22. The molecule has 3 nitrogen and oxygen atoms in total. The molecule has 0 fully saturated rings. The fourth-order valence-electron chi connectivity index (χ4n) is 1.16. The van der Waals surface area contributed by atoms with Crippen molar-refractivity contribution in [3.05, 3.63) is 24.2 Å². The molecule has 0 amide bonds. The molecule has 0 aromatic heterocycles. The van der Waals surface area contributed by atoms with Gasteiger partial charge in [0.15, 0.2) is 0 Å². The van der Waals surface area contributed by atoms with E-state index in [4.69, 9.17) is 5.73 Å². The summed E-state index contributed by atoms with van der Waals surface area (Å²) in [5.74, 6) is 0.875. The Morgan fingerprint density at radius 2 is 2.33 bits per heavy atom. The number of nitrogens with zero attached hydrogens (tertiary/aromatic N) is 2. The highest BCUT2D eigenvalue weighted by Gasteiger charge is 2.20. The summed E-state index contributed by atoms with van der Waals surface area (Å²) >= 11 is 0. The Hall–Kier alpha value is -1.12. The maximum Gasteiger partial charge on any atom is 0.116 e. The van der Waals surface area contributed by atoms with Crippen molar-refractivity contribution in [1.29, 1.82) is 0 Å². The van der Waals surface area contributed by atoms with Gasteiger partial charge in [-0.1, -0.05) is 0 Å². The molecule has 48 valence electrons. The summed E-state index contributed by atoms with van der Waals surface area (Å²) in [5, 5.41) is 4.13. The molecule has 9 heavy (non-hydrogen) atoms. The second kappa shape index (κ2) is 1.43. The molecular formula is C6H9N3. The molecule has 2 rings (SSSR count). The third kappa shape index (κ3) is 0.512. The zero-order valence-corrected chi connectivity index (χ0v) is 5.12. The van der Waals surface area contributed by atoms with Gasteiger partial charge in [-0.15, -0.1) is 0 Å². The number of rotatable bonds is 0. The molecule has 0 aliphatic carbocycles. The SMILES string of the molecule is NC1=CCN2C=CCN12. The first-order valence-corrected chi connectivity index (χ1v) is 3.04. The van der Waals surface area contributed by atoms with Crippen molar-refractivity contribution in [3.8, 4) is 0 Å². The quantitative estimate of drug-likeness (QED) is 0.486. The predicted molar refractivity (Wildman–Crippen MR) is 34.8 cm³/mol. The minimum Gasteiger partial charge on any atom is -0.384 e. The van der Waals surface area contributed by atoms with Gasteiger partial charge in [0.05, 0.1) is 13.1 Å². The topological polar surface area (TPSA) is 32.5 Å². The van der Waals surface area contributed by atoms with Crippen LogP contribution in [-0.2, 0) is 0 Å². The van der Waals surface area contributed by atoms with Gasteiger partial charge in [0.25, 0.3) is 0 Å². The molecule has 0 radical (unpaired) electrons. The van der Waals surface area contributed by atoms with Crippen molar-refractivity contribution < 1.29 is 0 Å². The van der Waals surface area contributed by atoms with Gasteiger partial charge in [0.1, 0.15) is 5.82 Å². The average molecular weight is 123 g/mol. The van der Waals surface area contributed by atoms with E-state index >= 15 is 0 Å². The maximum atomic E-state index is 5.63. The van der Waals surface area contributed by atoms with Crippen LogP contribution >= 0.6 is 0 Å². The highest BCUT2D eigenvalue weighted by atomic mass is 15.7. The number of hydrazine groups is 1. The molecule has 0 saturated carbocycles. The van der Waals surface area contributed by atoms with Gasteiger partial charge in [-0.3, -0.25) is 10.0 Å². The van der Waals surface area contributed by atoms with Gasteiger partial charge in [-0.2, -0.15) is 0 Å². The standard InChI is InChI=1S/C6H9N3/c7-6-2-5-8-3-1-4-9(6)8/h1-3H,4-5,7H2. The van der Waals surface area contributed by atoms with Crippen LogP contribution in [0.1, 0.15) is 0 Å². The van der Waals surface area contributed by atoms with Crippen LogP contribution in [0.5, 0.6) is 0 Å². The Labute approximate surface area is 54.0 Å². The van der Waals surface area contributed by atoms with E-state index < -0.39 is 0 Å². The van der Waals surface area contributed by atoms with E-state index in [1.54, 1.807) is 0 Å². The summed E-state index contributed by atoms with van der Waals surface area (Å²) in [6, 6.07) is 0. The van der Waals surface area contributed by atoms with Crippen LogP contribution in [0.2, 0.25) is 0 Å². The van der Waals surface area contributed by atoms with Crippen LogP contribution < -0.4 is 5.73 Å². The molecule has 2 N–H and O–H groups in total. The molecule has 2 aliphatic rings. The van der Waals surface area contributed by atoms with Crippen LogP contribution in [0.15, 0.2) is 24.2 Å². The van der Waals surface area contributed by atoms with Gasteiger partial charge >= 0.3 is 0 Å². The highest BCUT2D eigenvalue weighted by molar-refractivity contribution is 5.11. The monoisotopic (exact) mass is 123 g/mol. The van der Waals surface area contributed by atoms with Crippen LogP contribution in [-0.4, -0.2) is 23.1 Å². The van der Waals surface area contributed by atoms with Gasteiger partial charge in [0.2, 0.25) is 0 Å². The van der Waals surface area contributed by atoms with Crippen LogP contribution in [0.25, 0.3) is 0 Å². The van der Waals surface area contributed by atoms with Gasteiger partial charge in [-0.25, -0.2) is 0 Å². The van der Waals surface area contributed by atoms with E-state index in [-0.39, 0.29) is 0 Å². The lowest BCUT2D eigenvalue weighted by molar-refractivity contribution is 0.130. The van der Waals surface area contributed by atoms with E-state index in [1.165, 1.54) is 0 Å². The summed E-state index contributed by atoms with van der Waals surface area (Å²) in [6.07, 6.45) is 6.17. The Morgan fingerprint density at radius 1 is 1.44 bits per heavy atom. The molecule has 3 heteroatoms. The summed E-state index contributed by atoms with van der Waals surface area (Å²) in [5.41, 5.74) is 5.63. The lowest BCUT2D eigenvalue weighted by atomic mass is 10.5. The van der Waals surface area contributed by atoms with Gasteiger partial charge in [0, 0.05) is 6.20 Å². The Morgan fingerprint density at radius 3 is 3.11 bits per heavy atom. The van der Waals surface area contributed by atoms with Crippen LogP contribution in [0, 0.1) is 0 Å². The van der Waals surface area contributed by atoms with Crippen LogP contribution in [0.4, 0.5) is 0 Å². The first kappa shape index (κ1) is 4.73. The summed E-state index contributed by atoms with van der Waals surface area (Å²) in [7, 11) is 0. The normalized spacial score (nSPS) is 22.9. The summed E-state index contributed by atoms with van der Waals surface area (Å²) in [4.78, 5) is 0. The van der Waals surface area contributed by atoms with E-state index in [2.05, 4.69) is 17.3 Å². The number of hydrogen-bond donors (Lipinski definition) is 1. The average Bonchev–Trinajstić information content (AvgIpc) is 2.35. The van der Waals surface area contributed by atoms with Crippen LogP contribution in [0.3, 0.4) is 0 Å². The van der Waals surface area contributed by atoms with Crippen molar-refractivity contribution in [3.63, 3.8) is 0 Å². The first-order chi connectivity index (χ1) is 4.38. The third-order valence-corrected chi connectivity index (χ3v) is 1.65. The molecule has 0 saturated heterocycles. The van der Waals surface area contributed by atoms with Crippen molar-refractivity contribution in [2.75, 3.05) is 13.1 Å². The Bertz CT molecular complexity index is 183. The fourth-order valence-corrected chi connectivity index (χ4v) is 1.16. The Kier molecular flexibility index (Phi) is 0.754. The summed E-state index contributed by atoms with van der Waals surface area (Å²) in [6.45, 7) is 1.87. The molecule has 0 bridgehead atoms. The zero-order valence-electron chi connectivity index (χ0n) is 5.12. The fraction of sp³-hybridized carbons (Fsp3) is 0.333. The molecule has 0 aromatic rings. The largest absolute Gasteiger partial charge is 0.384 e. The first-order valence-electron chi connectivity index (χ1n) is 3.04.